The van der Waals surface area contributed by atoms with Gasteiger partial charge >= 0.3 is 0 Å². The Morgan fingerprint density at radius 3 is 2.95 bits per heavy atom. The van der Waals surface area contributed by atoms with Crippen LogP contribution in [-0.4, -0.2) is 17.4 Å². The highest BCUT2D eigenvalue weighted by Gasteiger charge is 2.43. The van der Waals surface area contributed by atoms with E-state index < -0.39 is 0 Å². The molecule has 3 rings (SSSR count). The van der Waals surface area contributed by atoms with Crippen LogP contribution in [-0.2, 0) is 0 Å². The maximum Gasteiger partial charge on any atom is 0.167 e. The van der Waals surface area contributed by atoms with Crippen LogP contribution in [0.1, 0.15) is 49.4 Å². The van der Waals surface area contributed by atoms with Gasteiger partial charge in [-0.2, -0.15) is 0 Å². The highest BCUT2D eigenvalue weighted by molar-refractivity contribution is 5.98. The fourth-order valence-electron chi connectivity index (χ4n) is 3.63. The quantitative estimate of drug-likeness (QED) is 0.760. The Bertz CT molecular complexity index is 472. The van der Waals surface area contributed by atoms with Crippen molar-refractivity contribution in [2.24, 2.45) is 17.8 Å². The fourth-order valence-corrected chi connectivity index (χ4v) is 3.63. The molecule has 2 saturated carbocycles. The third-order valence-electron chi connectivity index (χ3n) is 4.55. The number of aromatic nitrogens is 1. The zero-order chi connectivity index (χ0) is 13.2. The van der Waals surface area contributed by atoms with E-state index in [0.717, 1.165) is 30.1 Å². The lowest BCUT2D eigenvalue weighted by atomic mass is 9.83. The number of Topliss-reactive ketones (excluding diaryl/α,β-unsaturated/α-hetero) is 1. The number of pyridine rings is 1. The monoisotopic (exact) mass is 259 g/mol. The molecule has 0 amide bonds. The molecule has 2 bridgehead atoms. The standard InChI is InChI=1S/C16H21NO2/c1-2-5-19-14-8-13(9-17-10-14)16(18)15-7-11-3-4-12(15)6-11/h8-12,15H,2-7H2,1H3. The lowest BCUT2D eigenvalue weighted by Gasteiger charge is -2.20. The molecule has 0 N–H and O–H groups in total. The van der Waals surface area contributed by atoms with Gasteiger partial charge in [0.05, 0.1) is 12.8 Å². The van der Waals surface area contributed by atoms with E-state index >= 15 is 0 Å². The lowest BCUT2D eigenvalue weighted by Crippen LogP contribution is -2.21. The summed E-state index contributed by atoms with van der Waals surface area (Å²) in [5.74, 6) is 2.66. The normalized spacial score (nSPS) is 28.6. The van der Waals surface area contributed by atoms with Crippen molar-refractivity contribution < 1.29 is 9.53 Å². The Morgan fingerprint density at radius 1 is 1.37 bits per heavy atom. The number of carbonyl (C=O) groups excluding carboxylic acids is 1. The first-order valence-electron chi connectivity index (χ1n) is 7.40. The van der Waals surface area contributed by atoms with Gasteiger partial charge in [0.25, 0.3) is 0 Å². The molecule has 3 heteroatoms. The van der Waals surface area contributed by atoms with Crippen molar-refractivity contribution in [2.75, 3.05) is 6.61 Å². The van der Waals surface area contributed by atoms with E-state index in [2.05, 4.69) is 11.9 Å². The van der Waals surface area contributed by atoms with Crippen LogP contribution in [0.2, 0.25) is 0 Å². The van der Waals surface area contributed by atoms with E-state index in [-0.39, 0.29) is 11.7 Å². The topological polar surface area (TPSA) is 39.2 Å². The van der Waals surface area contributed by atoms with Gasteiger partial charge in [-0.15, -0.1) is 0 Å². The fraction of sp³-hybridized carbons (Fsp3) is 0.625. The molecule has 0 saturated heterocycles. The van der Waals surface area contributed by atoms with E-state index in [1.807, 2.05) is 6.07 Å². The molecule has 3 unspecified atom stereocenters. The lowest BCUT2D eigenvalue weighted by molar-refractivity contribution is 0.0874. The molecule has 1 heterocycles. The number of ether oxygens (including phenoxy) is 1. The molecular weight excluding hydrogens is 238 g/mol. The Morgan fingerprint density at radius 2 is 2.26 bits per heavy atom. The van der Waals surface area contributed by atoms with Crippen LogP contribution < -0.4 is 4.74 Å². The summed E-state index contributed by atoms with van der Waals surface area (Å²) in [5, 5.41) is 0. The highest BCUT2D eigenvalue weighted by atomic mass is 16.5. The highest BCUT2D eigenvalue weighted by Crippen LogP contribution is 2.49. The van der Waals surface area contributed by atoms with Crippen molar-refractivity contribution in [1.29, 1.82) is 0 Å². The molecule has 0 radical (unpaired) electrons. The number of rotatable bonds is 5. The first-order chi connectivity index (χ1) is 9.28. The molecule has 19 heavy (non-hydrogen) atoms. The first-order valence-corrected chi connectivity index (χ1v) is 7.40. The van der Waals surface area contributed by atoms with Gasteiger partial charge in [0.15, 0.2) is 5.78 Å². The Hall–Kier alpha value is -1.38. The van der Waals surface area contributed by atoms with Crippen molar-refractivity contribution in [2.45, 2.75) is 39.0 Å². The van der Waals surface area contributed by atoms with Gasteiger partial charge in [0.2, 0.25) is 0 Å². The number of ketones is 1. The predicted molar refractivity (Wildman–Crippen MR) is 73.3 cm³/mol. The zero-order valence-electron chi connectivity index (χ0n) is 11.5. The number of hydrogen-bond donors (Lipinski definition) is 0. The van der Waals surface area contributed by atoms with E-state index in [9.17, 15) is 4.79 Å². The smallest absolute Gasteiger partial charge is 0.167 e. The Kier molecular flexibility index (Phi) is 3.54. The summed E-state index contributed by atoms with van der Waals surface area (Å²) in [6.45, 7) is 2.74. The molecular formula is C16H21NO2. The van der Waals surface area contributed by atoms with Gasteiger partial charge < -0.3 is 4.74 Å². The summed E-state index contributed by atoms with van der Waals surface area (Å²) in [6, 6.07) is 1.86. The molecule has 0 aromatic carbocycles. The molecule has 2 aliphatic carbocycles. The molecule has 102 valence electrons. The number of fused-ring (bicyclic) bond motifs is 2. The number of hydrogen-bond acceptors (Lipinski definition) is 3. The van der Waals surface area contributed by atoms with Crippen LogP contribution in [0.4, 0.5) is 0 Å². The van der Waals surface area contributed by atoms with Gasteiger partial charge in [-0.05, 0) is 43.6 Å². The van der Waals surface area contributed by atoms with Crippen LogP contribution in [0.3, 0.4) is 0 Å². The van der Waals surface area contributed by atoms with Crippen molar-refractivity contribution in [3.05, 3.63) is 24.0 Å². The molecule has 3 nitrogen and oxygen atoms in total. The van der Waals surface area contributed by atoms with E-state index in [1.54, 1.807) is 12.4 Å². The maximum atomic E-state index is 12.6. The number of carbonyl (C=O) groups is 1. The van der Waals surface area contributed by atoms with E-state index in [1.165, 1.54) is 19.3 Å². The minimum absolute atomic E-state index is 0.238. The predicted octanol–water partition coefficient (Wildman–Crippen LogP) is 3.49. The summed E-state index contributed by atoms with van der Waals surface area (Å²) >= 11 is 0. The van der Waals surface area contributed by atoms with Gasteiger partial charge in [0, 0.05) is 17.7 Å². The van der Waals surface area contributed by atoms with Crippen LogP contribution in [0.5, 0.6) is 5.75 Å². The molecule has 3 atom stereocenters. The summed E-state index contributed by atoms with van der Waals surface area (Å²) in [4.78, 5) is 16.7. The minimum atomic E-state index is 0.238. The second-order valence-electron chi connectivity index (χ2n) is 5.90. The van der Waals surface area contributed by atoms with Crippen molar-refractivity contribution in [3.63, 3.8) is 0 Å². The van der Waals surface area contributed by atoms with Crippen molar-refractivity contribution in [1.82, 2.24) is 4.98 Å². The third kappa shape index (κ3) is 2.51. The van der Waals surface area contributed by atoms with Gasteiger partial charge in [-0.3, -0.25) is 9.78 Å². The van der Waals surface area contributed by atoms with E-state index in [0.29, 0.717) is 12.5 Å². The van der Waals surface area contributed by atoms with E-state index in [4.69, 9.17) is 4.74 Å². The minimum Gasteiger partial charge on any atom is -0.492 e. The van der Waals surface area contributed by atoms with Crippen LogP contribution in [0.15, 0.2) is 18.5 Å². The maximum absolute atomic E-state index is 12.6. The van der Waals surface area contributed by atoms with Crippen molar-refractivity contribution >= 4 is 5.78 Å². The van der Waals surface area contributed by atoms with Crippen molar-refractivity contribution in [3.8, 4) is 5.75 Å². The summed E-state index contributed by atoms with van der Waals surface area (Å²) in [6.07, 6.45) is 9.25. The average Bonchev–Trinajstić information content (AvgIpc) is 3.07. The second-order valence-corrected chi connectivity index (χ2v) is 5.90. The molecule has 1 aromatic rings. The Balaban J connectivity index is 1.72. The average molecular weight is 259 g/mol. The molecule has 0 spiro atoms. The number of nitrogens with zero attached hydrogens (tertiary/aromatic N) is 1. The largest absolute Gasteiger partial charge is 0.492 e. The Labute approximate surface area is 114 Å². The van der Waals surface area contributed by atoms with Crippen LogP contribution in [0, 0.1) is 17.8 Å². The third-order valence-corrected chi connectivity index (χ3v) is 4.55. The molecule has 0 aliphatic heterocycles. The molecule has 2 fully saturated rings. The van der Waals surface area contributed by atoms with Crippen LogP contribution >= 0.6 is 0 Å². The zero-order valence-corrected chi connectivity index (χ0v) is 11.5. The van der Waals surface area contributed by atoms with Gasteiger partial charge in [-0.1, -0.05) is 13.3 Å². The summed E-state index contributed by atoms with van der Waals surface area (Å²) in [7, 11) is 0. The summed E-state index contributed by atoms with van der Waals surface area (Å²) in [5.41, 5.74) is 0.728. The molecule has 2 aliphatic rings. The summed E-state index contributed by atoms with van der Waals surface area (Å²) < 4.78 is 5.56. The molecule has 1 aromatic heterocycles. The second kappa shape index (κ2) is 5.32. The van der Waals surface area contributed by atoms with Gasteiger partial charge in [0.1, 0.15) is 5.75 Å². The van der Waals surface area contributed by atoms with Crippen LogP contribution in [0.25, 0.3) is 0 Å². The first kappa shape index (κ1) is 12.6. The SMILES string of the molecule is CCCOc1cncc(C(=O)C2CC3CCC2C3)c1. The van der Waals surface area contributed by atoms with Gasteiger partial charge in [-0.25, -0.2) is 0 Å².